The lowest BCUT2D eigenvalue weighted by Crippen LogP contribution is -2.39. The largest absolute Gasteiger partial charge is 0.352 e. The smallest absolute Gasteiger partial charge is 0.242 e. The molecule has 1 aromatic carbocycles. The molecule has 1 fully saturated rings. The van der Waals surface area contributed by atoms with Crippen LogP contribution in [-0.2, 0) is 20.4 Å². The van der Waals surface area contributed by atoms with Crippen LogP contribution in [0.25, 0.3) is 11.4 Å². The number of hydrogen-bond acceptors (Lipinski definition) is 6. The number of rotatable bonds is 6. The van der Waals surface area contributed by atoms with Gasteiger partial charge in [-0.25, -0.2) is 8.42 Å². The molecular formula is C16H19N3O4S. The summed E-state index contributed by atoms with van der Waals surface area (Å²) in [5.41, 5.74) is 1.84. The van der Waals surface area contributed by atoms with Gasteiger partial charge in [0.15, 0.2) is 9.84 Å². The van der Waals surface area contributed by atoms with Crippen molar-refractivity contribution in [1.82, 2.24) is 15.5 Å². The molecule has 1 amide bonds. The molecule has 0 unspecified atom stereocenters. The van der Waals surface area contributed by atoms with E-state index in [4.69, 9.17) is 4.52 Å². The fraction of sp³-hybridized carbons (Fsp3) is 0.438. The number of sulfone groups is 1. The number of amides is 1. The second kappa shape index (κ2) is 6.35. The summed E-state index contributed by atoms with van der Waals surface area (Å²) in [5, 5.41) is 5.36. The molecule has 0 aliphatic heterocycles. The van der Waals surface area contributed by atoms with Gasteiger partial charge in [0.1, 0.15) is 11.0 Å². The molecule has 1 N–H and O–H groups in total. The Balaban J connectivity index is 1.70. The van der Waals surface area contributed by atoms with Crippen LogP contribution < -0.4 is 5.32 Å². The standard InChI is InChI=1S/C16H19N3O4S/c1-10-3-5-12(6-4-10)15-18-14(23-19-15)9-24(21,22)11(2)16(20)17-13-7-8-13/h3-6,11,13H,7-9H2,1-2H3,(H,17,20)/t11-/m1/s1. The minimum Gasteiger partial charge on any atom is -0.352 e. The van der Waals surface area contributed by atoms with E-state index >= 15 is 0 Å². The monoisotopic (exact) mass is 349 g/mol. The van der Waals surface area contributed by atoms with Gasteiger partial charge in [0.2, 0.25) is 17.6 Å². The third-order valence-corrected chi connectivity index (χ3v) is 5.87. The Morgan fingerprint density at radius 3 is 2.62 bits per heavy atom. The molecule has 3 rings (SSSR count). The zero-order valence-corrected chi connectivity index (χ0v) is 14.3. The van der Waals surface area contributed by atoms with E-state index in [2.05, 4.69) is 15.5 Å². The van der Waals surface area contributed by atoms with Crippen LogP contribution in [0.2, 0.25) is 0 Å². The van der Waals surface area contributed by atoms with E-state index in [0.29, 0.717) is 5.82 Å². The fourth-order valence-corrected chi connectivity index (χ4v) is 3.25. The van der Waals surface area contributed by atoms with Gasteiger partial charge < -0.3 is 9.84 Å². The van der Waals surface area contributed by atoms with Gasteiger partial charge in [-0.05, 0) is 26.7 Å². The summed E-state index contributed by atoms with van der Waals surface area (Å²) >= 11 is 0. The summed E-state index contributed by atoms with van der Waals surface area (Å²) in [6.07, 6.45) is 1.81. The summed E-state index contributed by atoms with van der Waals surface area (Å²) in [7, 11) is -3.71. The van der Waals surface area contributed by atoms with Crippen LogP contribution in [-0.4, -0.2) is 35.8 Å². The maximum atomic E-state index is 12.3. The summed E-state index contributed by atoms with van der Waals surface area (Å²) in [6, 6.07) is 7.61. The first-order chi connectivity index (χ1) is 11.3. The number of benzene rings is 1. The first-order valence-electron chi connectivity index (χ1n) is 7.77. The zero-order valence-electron chi connectivity index (χ0n) is 13.5. The third kappa shape index (κ3) is 3.81. The fourth-order valence-electron chi connectivity index (χ4n) is 2.14. The number of nitrogens with one attached hydrogen (secondary N) is 1. The molecule has 24 heavy (non-hydrogen) atoms. The molecule has 1 aliphatic carbocycles. The summed E-state index contributed by atoms with van der Waals surface area (Å²) in [5.74, 6) is -0.617. The number of aryl methyl sites for hydroxylation is 1. The van der Waals surface area contributed by atoms with E-state index in [1.807, 2.05) is 31.2 Å². The van der Waals surface area contributed by atoms with Crippen molar-refractivity contribution < 1.29 is 17.7 Å². The predicted molar refractivity (Wildman–Crippen MR) is 87.7 cm³/mol. The number of nitrogens with zero attached hydrogens (tertiary/aromatic N) is 2. The van der Waals surface area contributed by atoms with Crippen molar-refractivity contribution in [2.75, 3.05) is 0 Å². The van der Waals surface area contributed by atoms with Crippen LogP contribution in [0.3, 0.4) is 0 Å². The topological polar surface area (TPSA) is 102 Å². The molecular weight excluding hydrogens is 330 g/mol. The normalized spacial score (nSPS) is 15.9. The highest BCUT2D eigenvalue weighted by Gasteiger charge is 2.33. The van der Waals surface area contributed by atoms with E-state index < -0.39 is 26.7 Å². The minimum atomic E-state index is -3.71. The third-order valence-electron chi connectivity index (χ3n) is 3.93. The highest BCUT2D eigenvalue weighted by Crippen LogP contribution is 2.21. The molecule has 7 nitrogen and oxygen atoms in total. The first-order valence-corrected chi connectivity index (χ1v) is 9.48. The van der Waals surface area contributed by atoms with E-state index in [9.17, 15) is 13.2 Å². The molecule has 128 valence electrons. The SMILES string of the molecule is Cc1ccc(-c2noc(CS(=O)(=O)[C@H](C)C(=O)NC3CC3)n2)cc1. The molecule has 8 heteroatoms. The van der Waals surface area contributed by atoms with Crippen LogP contribution in [0.1, 0.15) is 31.2 Å². The molecule has 2 aromatic rings. The molecule has 1 saturated carbocycles. The number of carbonyl (C=O) groups is 1. The summed E-state index contributed by atoms with van der Waals surface area (Å²) in [6.45, 7) is 3.34. The van der Waals surface area contributed by atoms with Crippen molar-refractivity contribution in [1.29, 1.82) is 0 Å². The van der Waals surface area contributed by atoms with Crippen LogP contribution >= 0.6 is 0 Å². The van der Waals surface area contributed by atoms with E-state index in [0.717, 1.165) is 24.0 Å². The van der Waals surface area contributed by atoms with Crippen LogP contribution in [0.15, 0.2) is 28.8 Å². The Bertz CT molecular complexity index is 838. The highest BCUT2D eigenvalue weighted by molar-refractivity contribution is 7.92. The molecule has 0 radical (unpaired) electrons. The van der Waals surface area contributed by atoms with E-state index in [-0.39, 0.29) is 11.9 Å². The highest BCUT2D eigenvalue weighted by atomic mass is 32.2. The zero-order chi connectivity index (χ0) is 17.3. The second-order valence-electron chi connectivity index (χ2n) is 6.11. The minimum absolute atomic E-state index is 0.0170. The quantitative estimate of drug-likeness (QED) is 0.850. The van der Waals surface area contributed by atoms with Crippen LogP contribution in [0.4, 0.5) is 0 Å². The summed E-state index contributed by atoms with van der Waals surface area (Å²) in [4.78, 5) is 16.1. The Morgan fingerprint density at radius 2 is 2.00 bits per heavy atom. The van der Waals surface area contributed by atoms with Gasteiger partial charge in [-0.2, -0.15) is 4.98 Å². The van der Waals surface area contributed by atoms with Crippen molar-refractivity contribution in [3.63, 3.8) is 0 Å². The molecule has 1 atom stereocenters. The van der Waals surface area contributed by atoms with Crippen molar-refractivity contribution in [2.24, 2.45) is 0 Å². The Morgan fingerprint density at radius 1 is 1.33 bits per heavy atom. The second-order valence-corrected chi connectivity index (χ2v) is 8.43. The molecule has 1 heterocycles. The number of hydrogen-bond donors (Lipinski definition) is 1. The predicted octanol–water partition coefficient (Wildman–Crippen LogP) is 1.63. The van der Waals surface area contributed by atoms with Gasteiger partial charge in [0, 0.05) is 11.6 Å². The van der Waals surface area contributed by atoms with Gasteiger partial charge in [-0.3, -0.25) is 4.79 Å². The van der Waals surface area contributed by atoms with E-state index in [1.54, 1.807) is 0 Å². The van der Waals surface area contributed by atoms with Crippen molar-refractivity contribution in [2.45, 2.75) is 43.7 Å². The van der Waals surface area contributed by atoms with Gasteiger partial charge >= 0.3 is 0 Å². The first kappa shape index (κ1) is 16.6. The van der Waals surface area contributed by atoms with Crippen molar-refractivity contribution in [3.8, 4) is 11.4 Å². The Kier molecular flexibility index (Phi) is 4.40. The maximum absolute atomic E-state index is 12.3. The Labute approximate surface area is 140 Å². The number of aromatic nitrogens is 2. The maximum Gasteiger partial charge on any atom is 0.242 e. The lowest BCUT2D eigenvalue weighted by molar-refractivity contribution is -0.120. The van der Waals surface area contributed by atoms with Crippen LogP contribution in [0.5, 0.6) is 0 Å². The van der Waals surface area contributed by atoms with Crippen molar-refractivity contribution >= 4 is 15.7 Å². The van der Waals surface area contributed by atoms with Gasteiger partial charge in [0.25, 0.3) is 0 Å². The molecule has 0 spiro atoms. The molecule has 0 bridgehead atoms. The average Bonchev–Trinajstić information content (AvgIpc) is 3.23. The lowest BCUT2D eigenvalue weighted by atomic mass is 10.1. The van der Waals surface area contributed by atoms with Gasteiger partial charge in [-0.1, -0.05) is 35.0 Å². The van der Waals surface area contributed by atoms with Gasteiger partial charge in [0.05, 0.1) is 0 Å². The summed E-state index contributed by atoms with van der Waals surface area (Å²) < 4.78 is 29.7. The average molecular weight is 349 g/mol. The number of carbonyl (C=O) groups excluding carboxylic acids is 1. The molecule has 1 aliphatic rings. The van der Waals surface area contributed by atoms with E-state index in [1.165, 1.54) is 6.92 Å². The molecule has 1 aromatic heterocycles. The molecule has 0 saturated heterocycles. The van der Waals surface area contributed by atoms with Gasteiger partial charge in [-0.15, -0.1) is 0 Å². The van der Waals surface area contributed by atoms with Crippen LogP contribution in [0, 0.1) is 6.92 Å². The Hall–Kier alpha value is -2.22. The lowest BCUT2D eigenvalue weighted by Gasteiger charge is -2.11. The van der Waals surface area contributed by atoms with Crippen molar-refractivity contribution in [3.05, 3.63) is 35.7 Å².